The summed E-state index contributed by atoms with van der Waals surface area (Å²) in [6.07, 6.45) is 11.0. The van der Waals surface area contributed by atoms with Crippen molar-refractivity contribution in [2.24, 2.45) is 22.7 Å². The standard InChI is InChI=1S/C24H29NO3/c1-15(26)28-14-16(13-25)20-6-7-21-19-5-4-17-12-18(27)8-10-23(17,2)22(19)9-11-24(20,21)3/h9,12,19,21H,4-8,10-11,14H2,1-3H3/t19-,21-,23-,24+/m0/s1. The van der Waals surface area contributed by atoms with Crippen LogP contribution in [0.15, 0.2) is 34.4 Å². The third kappa shape index (κ3) is 2.79. The van der Waals surface area contributed by atoms with Gasteiger partial charge in [-0.1, -0.05) is 31.1 Å². The van der Waals surface area contributed by atoms with E-state index >= 15 is 0 Å². The number of carbonyl (C=O) groups excluding carboxylic acids is 2. The van der Waals surface area contributed by atoms with Gasteiger partial charge in [-0.2, -0.15) is 5.26 Å². The van der Waals surface area contributed by atoms with Gasteiger partial charge in [0.05, 0.1) is 11.6 Å². The van der Waals surface area contributed by atoms with E-state index in [2.05, 4.69) is 26.0 Å². The topological polar surface area (TPSA) is 67.2 Å². The van der Waals surface area contributed by atoms with Gasteiger partial charge in [0.15, 0.2) is 5.78 Å². The van der Waals surface area contributed by atoms with Crippen LogP contribution in [-0.2, 0) is 14.3 Å². The van der Waals surface area contributed by atoms with Gasteiger partial charge in [-0.3, -0.25) is 9.59 Å². The molecule has 0 aromatic carbocycles. The fourth-order valence-electron chi connectivity index (χ4n) is 6.53. The first-order chi connectivity index (χ1) is 13.3. The molecule has 2 fully saturated rings. The molecule has 148 valence electrons. The van der Waals surface area contributed by atoms with E-state index in [4.69, 9.17) is 4.74 Å². The number of fused-ring (bicyclic) bond motifs is 5. The predicted octanol–water partition coefficient (Wildman–Crippen LogP) is 4.82. The molecular formula is C24H29NO3. The molecule has 4 rings (SSSR count). The van der Waals surface area contributed by atoms with Crippen molar-refractivity contribution in [3.8, 4) is 6.07 Å². The van der Waals surface area contributed by atoms with Crippen LogP contribution in [0.25, 0.3) is 0 Å². The Bertz CT molecular complexity index is 871. The molecular weight excluding hydrogens is 350 g/mol. The molecule has 4 aliphatic carbocycles. The Labute approximate surface area is 167 Å². The second-order valence-corrected chi connectivity index (χ2v) is 9.39. The Balaban J connectivity index is 1.70. The van der Waals surface area contributed by atoms with E-state index in [1.807, 2.05) is 6.08 Å². The number of rotatable bonds is 2. The van der Waals surface area contributed by atoms with Crippen LogP contribution in [0.3, 0.4) is 0 Å². The minimum absolute atomic E-state index is 0.0263. The molecule has 4 aliphatic rings. The summed E-state index contributed by atoms with van der Waals surface area (Å²) >= 11 is 0. The second-order valence-electron chi connectivity index (χ2n) is 9.39. The first-order valence-corrected chi connectivity index (χ1v) is 10.5. The van der Waals surface area contributed by atoms with Gasteiger partial charge in [0.1, 0.15) is 6.61 Å². The molecule has 4 nitrogen and oxygen atoms in total. The summed E-state index contributed by atoms with van der Waals surface area (Å²) in [5.74, 6) is 0.993. The zero-order chi connectivity index (χ0) is 20.1. The highest BCUT2D eigenvalue weighted by Gasteiger charge is 2.54. The zero-order valence-corrected chi connectivity index (χ0v) is 17.1. The van der Waals surface area contributed by atoms with E-state index in [0.29, 0.717) is 23.8 Å². The number of nitrogens with zero attached hydrogens (tertiary/aromatic N) is 1. The fraction of sp³-hybridized carbons (Fsp3) is 0.625. The SMILES string of the molecule is CC(=O)OCC(C#N)=C1CC[C@H]2[C@@H]3CCC4=CC(=O)CC[C@]4(C)C3=CC[C@]12C. The van der Waals surface area contributed by atoms with E-state index in [1.165, 1.54) is 18.1 Å². The molecule has 0 spiro atoms. The van der Waals surface area contributed by atoms with E-state index in [0.717, 1.165) is 38.5 Å². The van der Waals surface area contributed by atoms with Gasteiger partial charge in [0, 0.05) is 18.8 Å². The van der Waals surface area contributed by atoms with Gasteiger partial charge in [0.2, 0.25) is 0 Å². The predicted molar refractivity (Wildman–Crippen MR) is 106 cm³/mol. The number of allylic oxidation sites excluding steroid dienone is 5. The Morgan fingerprint density at radius 2 is 2.07 bits per heavy atom. The molecule has 2 saturated carbocycles. The number of ketones is 1. The quantitative estimate of drug-likeness (QED) is 0.392. The van der Waals surface area contributed by atoms with Gasteiger partial charge in [-0.25, -0.2) is 0 Å². The maximum Gasteiger partial charge on any atom is 0.302 e. The summed E-state index contributed by atoms with van der Waals surface area (Å²) in [5, 5.41) is 9.70. The number of nitriles is 1. The number of hydrogen-bond acceptors (Lipinski definition) is 4. The lowest BCUT2D eigenvalue weighted by atomic mass is 9.51. The van der Waals surface area contributed by atoms with Crippen molar-refractivity contribution in [3.05, 3.63) is 34.4 Å². The smallest absolute Gasteiger partial charge is 0.302 e. The molecule has 0 aromatic heterocycles. The summed E-state index contributed by atoms with van der Waals surface area (Å²) in [6.45, 7) is 6.12. The summed E-state index contributed by atoms with van der Waals surface area (Å²) in [4.78, 5) is 23.2. The number of ether oxygens (including phenoxy) is 1. The first kappa shape index (κ1) is 19.2. The van der Waals surface area contributed by atoms with Crippen LogP contribution in [-0.4, -0.2) is 18.4 Å². The summed E-state index contributed by atoms with van der Waals surface area (Å²) in [5.41, 5.74) is 4.72. The van der Waals surface area contributed by atoms with Crippen molar-refractivity contribution in [1.29, 1.82) is 5.26 Å². The van der Waals surface area contributed by atoms with E-state index in [9.17, 15) is 14.9 Å². The van der Waals surface area contributed by atoms with Gasteiger partial charge in [-0.15, -0.1) is 0 Å². The van der Waals surface area contributed by atoms with Crippen LogP contribution in [0, 0.1) is 34.0 Å². The van der Waals surface area contributed by atoms with Crippen molar-refractivity contribution < 1.29 is 14.3 Å². The first-order valence-electron chi connectivity index (χ1n) is 10.5. The Morgan fingerprint density at radius 1 is 1.29 bits per heavy atom. The normalized spacial score (nSPS) is 38.3. The van der Waals surface area contributed by atoms with Gasteiger partial charge >= 0.3 is 5.97 Å². The summed E-state index contributed by atoms with van der Waals surface area (Å²) in [7, 11) is 0. The van der Waals surface area contributed by atoms with Crippen LogP contribution in [0.1, 0.15) is 65.7 Å². The molecule has 0 N–H and O–H groups in total. The van der Waals surface area contributed by atoms with E-state index in [-0.39, 0.29) is 29.2 Å². The van der Waals surface area contributed by atoms with Crippen LogP contribution in [0.5, 0.6) is 0 Å². The van der Waals surface area contributed by atoms with Crippen LogP contribution >= 0.6 is 0 Å². The monoisotopic (exact) mass is 379 g/mol. The number of esters is 1. The van der Waals surface area contributed by atoms with Crippen LogP contribution in [0.2, 0.25) is 0 Å². The van der Waals surface area contributed by atoms with Crippen LogP contribution < -0.4 is 0 Å². The van der Waals surface area contributed by atoms with Crippen molar-refractivity contribution in [2.45, 2.75) is 65.7 Å². The molecule has 0 heterocycles. The van der Waals surface area contributed by atoms with Gasteiger partial charge in [-0.05, 0) is 67.4 Å². The lowest BCUT2D eigenvalue weighted by Gasteiger charge is -2.52. The van der Waals surface area contributed by atoms with Gasteiger partial charge < -0.3 is 4.74 Å². The fourth-order valence-corrected chi connectivity index (χ4v) is 6.53. The minimum Gasteiger partial charge on any atom is -0.460 e. The summed E-state index contributed by atoms with van der Waals surface area (Å²) < 4.78 is 5.16. The third-order valence-electron chi connectivity index (χ3n) is 8.04. The highest BCUT2D eigenvalue weighted by atomic mass is 16.5. The summed E-state index contributed by atoms with van der Waals surface area (Å²) in [6, 6.07) is 2.32. The van der Waals surface area contributed by atoms with Gasteiger partial charge in [0.25, 0.3) is 0 Å². The van der Waals surface area contributed by atoms with Crippen LogP contribution in [0.4, 0.5) is 0 Å². The van der Waals surface area contributed by atoms with Crippen molar-refractivity contribution in [2.75, 3.05) is 6.61 Å². The Kier molecular flexibility index (Phi) is 4.61. The van der Waals surface area contributed by atoms with Crippen molar-refractivity contribution in [1.82, 2.24) is 0 Å². The Hall–Kier alpha value is -2.15. The van der Waals surface area contributed by atoms with E-state index in [1.54, 1.807) is 5.57 Å². The highest BCUT2D eigenvalue weighted by molar-refractivity contribution is 5.92. The molecule has 4 heteroatoms. The molecule has 0 amide bonds. The van der Waals surface area contributed by atoms with Crippen molar-refractivity contribution >= 4 is 11.8 Å². The van der Waals surface area contributed by atoms with E-state index < -0.39 is 0 Å². The zero-order valence-electron chi connectivity index (χ0n) is 17.1. The molecule has 0 bridgehead atoms. The largest absolute Gasteiger partial charge is 0.460 e. The average Bonchev–Trinajstić information content (AvgIpc) is 3.00. The highest BCUT2D eigenvalue weighted by Crippen LogP contribution is 2.64. The molecule has 0 unspecified atom stereocenters. The second kappa shape index (κ2) is 6.72. The number of carbonyl (C=O) groups is 2. The molecule has 28 heavy (non-hydrogen) atoms. The third-order valence-corrected chi connectivity index (χ3v) is 8.04. The Morgan fingerprint density at radius 3 is 2.79 bits per heavy atom. The average molecular weight is 380 g/mol. The number of hydrogen-bond donors (Lipinski definition) is 0. The molecule has 4 atom stereocenters. The maximum absolute atomic E-state index is 11.9. The maximum atomic E-state index is 11.9. The molecule has 0 saturated heterocycles. The lowest BCUT2D eigenvalue weighted by Crippen LogP contribution is -2.43. The molecule has 0 aliphatic heterocycles. The minimum atomic E-state index is -0.342. The van der Waals surface area contributed by atoms with Crippen molar-refractivity contribution in [3.63, 3.8) is 0 Å². The lowest BCUT2D eigenvalue weighted by molar-refractivity contribution is -0.139. The molecule has 0 aromatic rings. The molecule has 0 radical (unpaired) electrons.